The van der Waals surface area contributed by atoms with Crippen molar-refractivity contribution in [3.8, 4) is 5.75 Å². The number of hydrogen-bond donors (Lipinski definition) is 2. The van der Waals surface area contributed by atoms with Crippen molar-refractivity contribution in [3.63, 3.8) is 0 Å². The highest BCUT2D eigenvalue weighted by Crippen LogP contribution is 2.18. The summed E-state index contributed by atoms with van der Waals surface area (Å²) in [6.45, 7) is 2.63. The summed E-state index contributed by atoms with van der Waals surface area (Å²) in [6, 6.07) is 6.94. The molecule has 1 unspecified atom stereocenters. The van der Waals surface area contributed by atoms with E-state index in [1.54, 1.807) is 7.11 Å². The van der Waals surface area contributed by atoms with Crippen LogP contribution in [0, 0.1) is 0 Å². The van der Waals surface area contributed by atoms with E-state index in [9.17, 15) is 9.59 Å². The number of rotatable bonds is 8. The van der Waals surface area contributed by atoms with E-state index < -0.39 is 12.0 Å². The Kier molecular flexibility index (Phi) is 6.37. The third-order valence-corrected chi connectivity index (χ3v) is 3.65. The lowest BCUT2D eigenvalue weighted by Crippen LogP contribution is -2.55. The number of piperazine rings is 1. The van der Waals surface area contributed by atoms with E-state index in [4.69, 9.17) is 14.6 Å². The molecule has 1 heterocycles. The average Bonchev–Trinajstić information content (AvgIpc) is 2.51. The lowest BCUT2D eigenvalue weighted by molar-refractivity contribution is -0.143. The minimum Gasteiger partial charge on any atom is -0.491 e. The lowest BCUT2D eigenvalue weighted by Gasteiger charge is -2.34. The van der Waals surface area contributed by atoms with Crippen molar-refractivity contribution in [3.05, 3.63) is 29.8 Å². The molecule has 0 spiro atoms. The van der Waals surface area contributed by atoms with Gasteiger partial charge in [-0.1, -0.05) is 12.1 Å². The van der Waals surface area contributed by atoms with Crippen LogP contribution < -0.4 is 10.1 Å². The molecule has 0 saturated carbocycles. The number of nitrogens with zero attached hydrogens (tertiary/aromatic N) is 1. The Morgan fingerprint density at radius 3 is 3.00 bits per heavy atom. The van der Waals surface area contributed by atoms with E-state index >= 15 is 0 Å². The molecule has 1 aromatic rings. The Hall–Kier alpha value is -2.12. The summed E-state index contributed by atoms with van der Waals surface area (Å²) in [4.78, 5) is 24.8. The van der Waals surface area contributed by atoms with Gasteiger partial charge in [0.15, 0.2) is 0 Å². The lowest BCUT2D eigenvalue weighted by atomic mass is 10.1. The van der Waals surface area contributed by atoms with Crippen LogP contribution in [0.15, 0.2) is 24.3 Å². The molecule has 1 atom stereocenters. The van der Waals surface area contributed by atoms with E-state index in [1.807, 2.05) is 29.2 Å². The Morgan fingerprint density at radius 2 is 2.26 bits per heavy atom. The summed E-state index contributed by atoms with van der Waals surface area (Å²) in [5, 5.41) is 11.7. The normalized spacial score (nSPS) is 18.5. The molecule has 2 rings (SSSR count). The summed E-state index contributed by atoms with van der Waals surface area (Å²) < 4.78 is 10.5. The molecular weight excluding hydrogens is 300 g/mol. The first kappa shape index (κ1) is 17.2. The zero-order valence-corrected chi connectivity index (χ0v) is 13.2. The van der Waals surface area contributed by atoms with Gasteiger partial charge in [-0.2, -0.15) is 0 Å². The highest BCUT2D eigenvalue weighted by Gasteiger charge is 2.31. The molecule has 1 aromatic carbocycles. The Balaban J connectivity index is 2.02. The fourth-order valence-electron chi connectivity index (χ4n) is 2.55. The quantitative estimate of drug-likeness (QED) is 0.677. The van der Waals surface area contributed by atoms with E-state index in [0.717, 1.165) is 11.3 Å². The molecule has 1 saturated heterocycles. The minimum absolute atomic E-state index is 0.199. The largest absolute Gasteiger partial charge is 0.491 e. The van der Waals surface area contributed by atoms with Crippen LogP contribution in [-0.2, 0) is 20.9 Å². The van der Waals surface area contributed by atoms with E-state index in [0.29, 0.717) is 32.8 Å². The molecule has 0 aliphatic carbocycles. The van der Waals surface area contributed by atoms with Crippen molar-refractivity contribution in [2.75, 3.05) is 33.4 Å². The fraction of sp³-hybridized carbons (Fsp3) is 0.500. The monoisotopic (exact) mass is 322 g/mol. The van der Waals surface area contributed by atoms with Gasteiger partial charge in [0.2, 0.25) is 5.91 Å². The molecule has 23 heavy (non-hydrogen) atoms. The predicted molar refractivity (Wildman–Crippen MR) is 83.3 cm³/mol. The number of ether oxygens (including phenoxy) is 2. The van der Waals surface area contributed by atoms with Gasteiger partial charge in [0.25, 0.3) is 0 Å². The summed E-state index contributed by atoms with van der Waals surface area (Å²) >= 11 is 0. The minimum atomic E-state index is -0.978. The van der Waals surface area contributed by atoms with E-state index in [-0.39, 0.29) is 12.3 Å². The maximum absolute atomic E-state index is 11.9. The van der Waals surface area contributed by atoms with Gasteiger partial charge in [0, 0.05) is 26.7 Å². The van der Waals surface area contributed by atoms with Crippen LogP contribution in [0.2, 0.25) is 0 Å². The molecule has 7 nitrogen and oxygen atoms in total. The Labute approximate surface area is 135 Å². The van der Waals surface area contributed by atoms with E-state index in [1.165, 1.54) is 0 Å². The molecular formula is C16H22N2O5. The highest BCUT2D eigenvalue weighted by atomic mass is 16.5. The van der Waals surface area contributed by atoms with Crippen molar-refractivity contribution in [1.82, 2.24) is 10.2 Å². The van der Waals surface area contributed by atoms with Gasteiger partial charge in [0.1, 0.15) is 18.4 Å². The van der Waals surface area contributed by atoms with Crippen molar-refractivity contribution >= 4 is 11.9 Å². The molecule has 0 aromatic heterocycles. The second-order valence-corrected chi connectivity index (χ2v) is 5.36. The van der Waals surface area contributed by atoms with Crippen molar-refractivity contribution < 1.29 is 24.2 Å². The topological polar surface area (TPSA) is 88.1 Å². The number of aliphatic carboxylic acids is 1. The van der Waals surface area contributed by atoms with Crippen LogP contribution in [0.3, 0.4) is 0 Å². The van der Waals surface area contributed by atoms with Crippen LogP contribution >= 0.6 is 0 Å². The SMILES string of the molecule is COCCOc1cccc(CN2CCNC(=O)C2CC(=O)O)c1. The number of benzene rings is 1. The fourth-order valence-corrected chi connectivity index (χ4v) is 2.55. The Morgan fingerprint density at radius 1 is 1.43 bits per heavy atom. The van der Waals surface area contributed by atoms with Gasteiger partial charge in [-0.05, 0) is 17.7 Å². The van der Waals surface area contributed by atoms with Gasteiger partial charge >= 0.3 is 5.97 Å². The number of carbonyl (C=O) groups excluding carboxylic acids is 1. The molecule has 0 radical (unpaired) electrons. The first-order valence-corrected chi connectivity index (χ1v) is 7.54. The van der Waals surface area contributed by atoms with Crippen LogP contribution in [0.5, 0.6) is 5.75 Å². The maximum atomic E-state index is 11.9. The first-order valence-electron chi connectivity index (χ1n) is 7.54. The average molecular weight is 322 g/mol. The van der Waals surface area contributed by atoms with Crippen LogP contribution in [0.25, 0.3) is 0 Å². The summed E-state index contributed by atoms with van der Waals surface area (Å²) in [7, 11) is 1.61. The summed E-state index contributed by atoms with van der Waals surface area (Å²) in [6.07, 6.45) is -0.199. The van der Waals surface area contributed by atoms with Gasteiger partial charge in [-0.15, -0.1) is 0 Å². The van der Waals surface area contributed by atoms with Crippen molar-refractivity contribution in [2.45, 2.75) is 19.0 Å². The maximum Gasteiger partial charge on any atom is 0.305 e. The van der Waals surface area contributed by atoms with E-state index in [2.05, 4.69) is 5.32 Å². The Bertz CT molecular complexity index is 549. The number of methoxy groups -OCH3 is 1. The van der Waals surface area contributed by atoms with Crippen molar-refractivity contribution in [2.24, 2.45) is 0 Å². The van der Waals surface area contributed by atoms with Crippen LogP contribution in [0.1, 0.15) is 12.0 Å². The van der Waals surface area contributed by atoms with Gasteiger partial charge in [-0.3, -0.25) is 14.5 Å². The predicted octanol–water partition coefficient (Wildman–Crippen LogP) is 0.487. The number of hydrogen-bond acceptors (Lipinski definition) is 5. The number of carbonyl (C=O) groups is 2. The third-order valence-electron chi connectivity index (χ3n) is 3.65. The summed E-state index contributed by atoms with van der Waals surface area (Å²) in [5.41, 5.74) is 0.977. The molecule has 1 fully saturated rings. The molecule has 1 amide bonds. The molecule has 1 aliphatic heterocycles. The van der Waals surface area contributed by atoms with Gasteiger partial charge < -0.3 is 19.9 Å². The smallest absolute Gasteiger partial charge is 0.305 e. The standard InChI is InChI=1S/C16H22N2O5/c1-22-7-8-23-13-4-2-3-12(9-13)11-18-6-5-17-16(21)14(18)10-15(19)20/h2-4,9,14H,5-8,10-11H2,1H3,(H,17,21)(H,19,20). The molecule has 7 heteroatoms. The van der Waals surface area contributed by atoms with Crippen LogP contribution in [-0.4, -0.2) is 61.3 Å². The van der Waals surface area contributed by atoms with Crippen molar-refractivity contribution in [1.29, 1.82) is 0 Å². The zero-order valence-electron chi connectivity index (χ0n) is 13.2. The second-order valence-electron chi connectivity index (χ2n) is 5.36. The third kappa shape index (κ3) is 5.22. The number of carboxylic acids is 1. The molecule has 2 N–H and O–H groups in total. The number of carboxylic acid groups (broad SMARTS) is 1. The summed E-state index contributed by atoms with van der Waals surface area (Å²) in [5.74, 6) is -0.476. The van der Waals surface area contributed by atoms with Gasteiger partial charge in [-0.25, -0.2) is 0 Å². The molecule has 126 valence electrons. The number of nitrogens with one attached hydrogen (secondary N) is 1. The second kappa shape index (κ2) is 8.50. The molecule has 1 aliphatic rings. The molecule has 0 bridgehead atoms. The van der Waals surface area contributed by atoms with Gasteiger partial charge in [0.05, 0.1) is 13.0 Å². The first-order chi connectivity index (χ1) is 11.1. The highest BCUT2D eigenvalue weighted by molar-refractivity contribution is 5.86. The van der Waals surface area contributed by atoms with Crippen LogP contribution in [0.4, 0.5) is 0 Å². The number of amides is 1. The zero-order chi connectivity index (χ0) is 16.7.